The lowest BCUT2D eigenvalue weighted by molar-refractivity contribution is -0.140. The molecule has 0 rings (SSSR count). The Morgan fingerprint density at radius 2 is 1.41 bits per heavy atom. The summed E-state index contributed by atoms with van der Waals surface area (Å²) in [5.41, 5.74) is 0. The average molecular weight is 458 g/mol. The first kappa shape index (κ1) is 28.5. The number of carboxylic acid groups (broad SMARTS) is 2. The predicted octanol–water partition coefficient (Wildman–Crippen LogP) is -1.84. The fourth-order valence-electron chi connectivity index (χ4n) is 2.59. The van der Waals surface area contributed by atoms with Crippen molar-refractivity contribution < 1.29 is 43.8 Å². The van der Waals surface area contributed by atoms with Gasteiger partial charge in [0.1, 0.15) is 24.4 Å². The standard InChI is InChI=1S/C19H30N4O9/c1-9(2)16(19(32)21-12(8-24)7-15(28)29)23-18(31)13(5-6-14(26)27)22-17(30)10(3)20-11(4)25/h8-10,12-13,16H,5-7H2,1-4H3,(H,20,25)(H,21,32)(H,22,30)(H,23,31)(H,26,27)(H,28,29)/t10-,12+,13-,16-/m0/s1. The summed E-state index contributed by atoms with van der Waals surface area (Å²) in [5.74, 6) is -5.92. The lowest BCUT2D eigenvalue weighted by Crippen LogP contribution is -2.58. The van der Waals surface area contributed by atoms with Crippen LogP contribution in [-0.2, 0) is 33.6 Å². The molecule has 32 heavy (non-hydrogen) atoms. The van der Waals surface area contributed by atoms with Crippen LogP contribution in [0.4, 0.5) is 0 Å². The molecule has 0 aromatic rings. The molecule has 0 unspecified atom stereocenters. The van der Waals surface area contributed by atoms with Crippen LogP contribution in [0.3, 0.4) is 0 Å². The van der Waals surface area contributed by atoms with Gasteiger partial charge in [0.2, 0.25) is 23.6 Å². The summed E-state index contributed by atoms with van der Waals surface area (Å²) in [6.45, 7) is 5.74. The normalized spacial score (nSPS) is 14.3. The van der Waals surface area contributed by atoms with Crippen molar-refractivity contribution in [2.24, 2.45) is 5.92 Å². The molecule has 0 heterocycles. The highest BCUT2D eigenvalue weighted by molar-refractivity contribution is 5.94. The van der Waals surface area contributed by atoms with Crippen molar-refractivity contribution in [3.63, 3.8) is 0 Å². The second-order valence-corrected chi connectivity index (χ2v) is 7.50. The van der Waals surface area contributed by atoms with Crippen molar-refractivity contribution in [2.75, 3.05) is 0 Å². The van der Waals surface area contributed by atoms with Gasteiger partial charge >= 0.3 is 11.9 Å². The lowest BCUT2D eigenvalue weighted by Gasteiger charge is -2.26. The number of aldehydes is 1. The molecular formula is C19H30N4O9. The summed E-state index contributed by atoms with van der Waals surface area (Å²) in [6.07, 6.45) is -1.14. The third-order valence-electron chi connectivity index (χ3n) is 4.23. The van der Waals surface area contributed by atoms with Crippen LogP contribution < -0.4 is 21.3 Å². The molecule has 180 valence electrons. The molecule has 13 nitrogen and oxygen atoms in total. The number of hydrogen-bond donors (Lipinski definition) is 6. The molecule has 0 aliphatic carbocycles. The van der Waals surface area contributed by atoms with Crippen LogP contribution in [-0.4, -0.2) is 76.2 Å². The van der Waals surface area contributed by atoms with Gasteiger partial charge < -0.3 is 36.3 Å². The molecule has 0 aromatic carbocycles. The molecule has 0 bridgehead atoms. The van der Waals surface area contributed by atoms with Crippen LogP contribution >= 0.6 is 0 Å². The summed E-state index contributed by atoms with van der Waals surface area (Å²) in [4.78, 5) is 81.3. The molecule has 0 spiro atoms. The Kier molecular flexibility index (Phi) is 12.2. The van der Waals surface area contributed by atoms with E-state index < -0.39 is 78.5 Å². The lowest BCUT2D eigenvalue weighted by atomic mass is 10.0. The molecule has 13 heteroatoms. The van der Waals surface area contributed by atoms with Gasteiger partial charge in [0.25, 0.3) is 0 Å². The van der Waals surface area contributed by atoms with Crippen LogP contribution in [0, 0.1) is 5.92 Å². The monoisotopic (exact) mass is 458 g/mol. The molecule has 4 amide bonds. The molecular weight excluding hydrogens is 428 g/mol. The van der Waals surface area contributed by atoms with E-state index in [1.54, 1.807) is 13.8 Å². The zero-order chi connectivity index (χ0) is 25.0. The zero-order valence-electron chi connectivity index (χ0n) is 18.3. The Morgan fingerprint density at radius 3 is 1.84 bits per heavy atom. The van der Waals surface area contributed by atoms with E-state index >= 15 is 0 Å². The van der Waals surface area contributed by atoms with Crippen LogP contribution in [0.1, 0.15) is 47.0 Å². The summed E-state index contributed by atoms with van der Waals surface area (Å²) in [5, 5.41) is 27.0. The third-order valence-corrected chi connectivity index (χ3v) is 4.23. The van der Waals surface area contributed by atoms with Crippen molar-refractivity contribution in [1.82, 2.24) is 21.3 Å². The first-order chi connectivity index (χ1) is 14.8. The smallest absolute Gasteiger partial charge is 0.305 e. The molecule has 6 N–H and O–H groups in total. The van der Waals surface area contributed by atoms with E-state index in [1.165, 1.54) is 13.8 Å². The van der Waals surface area contributed by atoms with Crippen molar-refractivity contribution in [3.05, 3.63) is 0 Å². The molecule has 0 saturated heterocycles. The van der Waals surface area contributed by atoms with Gasteiger partial charge in [0, 0.05) is 13.3 Å². The van der Waals surface area contributed by atoms with Crippen LogP contribution in [0.2, 0.25) is 0 Å². The van der Waals surface area contributed by atoms with E-state index in [0.717, 1.165) is 0 Å². The first-order valence-electron chi connectivity index (χ1n) is 9.85. The van der Waals surface area contributed by atoms with Gasteiger partial charge in [-0.3, -0.25) is 28.8 Å². The molecule has 0 aliphatic rings. The Bertz CT molecular complexity index is 738. The number of nitrogens with one attached hydrogen (secondary N) is 4. The van der Waals surface area contributed by atoms with Gasteiger partial charge in [-0.2, -0.15) is 0 Å². The highest BCUT2D eigenvalue weighted by Crippen LogP contribution is 2.06. The minimum absolute atomic E-state index is 0.254. The Hall–Kier alpha value is -3.51. The summed E-state index contributed by atoms with van der Waals surface area (Å²) >= 11 is 0. The Balaban J connectivity index is 5.42. The zero-order valence-corrected chi connectivity index (χ0v) is 18.3. The number of carbonyl (C=O) groups is 7. The van der Waals surface area contributed by atoms with E-state index in [-0.39, 0.29) is 12.7 Å². The average Bonchev–Trinajstić information content (AvgIpc) is 2.66. The van der Waals surface area contributed by atoms with E-state index in [0.29, 0.717) is 0 Å². The molecule has 0 aliphatic heterocycles. The van der Waals surface area contributed by atoms with Crippen molar-refractivity contribution in [1.29, 1.82) is 0 Å². The maximum absolute atomic E-state index is 12.7. The topological polar surface area (TPSA) is 208 Å². The molecule has 0 fully saturated rings. The third kappa shape index (κ3) is 11.0. The number of aliphatic carboxylic acids is 2. The molecule has 0 aromatic heterocycles. The second kappa shape index (κ2) is 13.7. The molecule has 0 saturated carbocycles. The summed E-state index contributed by atoms with van der Waals surface area (Å²) in [6, 6.07) is -4.83. The number of carboxylic acids is 2. The minimum atomic E-state index is -1.33. The van der Waals surface area contributed by atoms with Crippen molar-refractivity contribution >= 4 is 41.9 Å². The van der Waals surface area contributed by atoms with Gasteiger partial charge in [-0.25, -0.2) is 0 Å². The summed E-state index contributed by atoms with van der Waals surface area (Å²) < 4.78 is 0. The highest BCUT2D eigenvalue weighted by Gasteiger charge is 2.31. The van der Waals surface area contributed by atoms with E-state index in [9.17, 15) is 33.6 Å². The van der Waals surface area contributed by atoms with Crippen LogP contribution in [0.25, 0.3) is 0 Å². The van der Waals surface area contributed by atoms with E-state index in [2.05, 4.69) is 21.3 Å². The fourth-order valence-corrected chi connectivity index (χ4v) is 2.59. The maximum atomic E-state index is 12.7. The first-order valence-corrected chi connectivity index (χ1v) is 9.85. The maximum Gasteiger partial charge on any atom is 0.305 e. The van der Waals surface area contributed by atoms with Gasteiger partial charge in [-0.1, -0.05) is 13.8 Å². The van der Waals surface area contributed by atoms with Crippen LogP contribution in [0.5, 0.6) is 0 Å². The number of rotatable bonds is 14. The second-order valence-electron chi connectivity index (χ2n) is 7.50. The van der Waals surface area contributed by atoms with Gasteiger partial charge in [-0.15, -0.1) is 0 Å². The predicted molar refractivity (Wildman–Crippen MR) is 109 cm³/mol. The molecule has 4 atom stereocenters. The van der Waals surface area contributed by atoms with Crippen molar-refractivity contribution in [2.45, 2.75) is 71.1 Å². The number of hydrogen-bond acceptors (Lipinski definition) is 7. The van der Waals surface area contributed by atoms with Gasteiger partial charge in [0.15, 0.2) is 0 Å². The molecule has 0 radical (unpaired) electrons. The SMILES string of the molecule is CC(=O)N[C@@H](C)C(=O)N[C@@H](CCC(=O)O)C(=O)N[C@H](C(=O)N[C@@H](C=O)CC(=O)O)C(C)C. The van der Waals surface area contributed by atoms with Crippen molar-refractivity contribution in [3.8, 4) is 0 Å². The quantitative estimate of drug-likeness (QED) is 0.161. The van der Waals surface area contributed by atoms with Gasteiger partial charge in [-0.05, 0) is 19.3 Å². The summed E-state index contributed by atoms with van der Waals surface area (Å²) in [7, 11) is 0. The highest BCUT2D eigenvalue weighted by atomic mass is 16.4. The van der Waals surface area contributed by atoms with E-state index in [4.69, 9.17) is 10.2 Å². The Morgan fingerprint density at radius 1 is 0.812 bits per heavy atom. The van der Waals surface area contributed by atoms with E-state index in [1.807, 2.05) is 0 Å². The Labute approximate surface area is 184 Å². The number of amides is 4. The fraction of sp³-hybridized carbons (Fsp3) is 0.632. The van der Waals surface area contributed by atoms with Crippen LogP contribution in [0.15, 0.2) is 0 Å². The minimum Gasteiger partial charge on any atom is -0.481 e. The largest absolute Gasteiger partial charge is 0.481 e. The number of carbonyl (C=O) groups excluding carboxylic acids is 5. The van der Waals surface area contributed by atoms with Gasteiger partial charge in [0.05, 0.1) is 12.5 Å².